The number of aromatic nitrogens is 4. The maximum Gasteiger partial charge on any atom is 0.229 e. The van der Waals surface area contributed by atoms with Crippen LogP contribution in [0.3, 0.4) is 0 Å². The molecule has 0 saturated carbocycles. The second-order valence-corrected chi connectivity index (χ2v) is 8.09. The summed E-state index contributed by atoms with van der Waals surface area (Å²) in [6.45, 7) is 11.6. The van der Waals surface area contributed by atoms with Crippen LogP contribution in [0.5, 0.6) is 0 Å². The first kappa shape index (κ1) is 15.4. The highest BCUT2D eigenvalue weighted by atomic mass is 32.1. The van der Waals surface area contributed by atoms with Gasteiger partial charge in [-0.05, 0) is 12.8 Å². The lowest BCUT2D eigenvalue weighted by Gasteiger charge is -2.20. The third kappa shape index (κ3) is 2.86. The topological polar surface area (TPSA) is 67.9 Å². The van der Waals surface area contributed by atoms with Crippen molar-refractivity contribution in [1.29, 1.82) is 0 Å². The van der Waals surface area contributed by atoms with Gasteiger partial charge in [0.2, 0.25) is 11.0 Å². The lowest BCUT2D eigenvalue weighted by atomic mass is 9.98. The van der Waals surface area contributed by atoms with Gasteiger partial charge in [0, 0.05) is 17.9 Å². The summed E-state index contributed by atoms with van der Waals surface area (Å²) >= 11 is 1.67. The van der Waals surface area contributed by atoms with Gasteiger partial charge in [-0.1, -0.05) is 51.1 Å². The van der Waals surface area contributed by atoms with E-state index >= 15 is 0 Å². The molecule has 0 aromatic carbocycles. The van der Waals surface area contributed by atoms with Crippen LogP contribution in [-0.4, -0.2) is 26.9 Å². The second-order valence-electron chi connectivity index (χ2n) is 7.14. The standard InChI is InChI=1S/C15H23N5OS/c1-9(2)12-16-11(19-21-12)10-7-6-8-20(10)14-18-17-13(22-14)15(3,4)5/h9-10H,6-8H2,1-5H3. The summed E-state index contributed by atoms with van der Waals surface area (Å²) in [5.41, 5.74) is 0.0299. The quantitative estimate of drug-likeness (QED) is 0.859. The highest BCUT2D eigenvalue weighted by Crippen LogP contribution is 2.38. The smallest absolute Gasteiger partial charge is 0.229 e. The van der Waals surface area contributed by atoms with Crippen LogP contribution in [0.15, 0.2) is 4.52 Å². The van der Waals surface area contributed by atoms with Gasteiger partial charge in [0.05, 0.1) is 6.04 Å². The van der Waals surface area contributed by atoms with Crippen LogP contribution in [0.1, 0.15) is 76.1 Å². The van der Waals surface area contributed by atoms with Crippen LogP contribution in [0.25, 0.3) is 0 Å². The molecule has 3 rings (SSSR count). The van der Waals surface area contributed by atoms with Crippen molar-refractivity contribution >= 4 is 16.5 Å². The number of anilines is 1. The van der Waals surface area contributed by atoms with Crippen molar-refractivity contribution < 1.29 is 4.52 Å². The van der Waals surface area contributed by atoms with E-state index in [1.165, 1.54) is 0 Å². The summed E-state index contributed by atoms with van der Waals surface area (Å²) in [4.78, 5) is 6.83. The zero-order valence-corrected chi connectivity index (χ0v) is 14.6. The van der Waals surface area contributed by atoms with Crippen LogP contribution < -0.4 is 4.90 Å². The van der Waals surface area contributed by atoms with E-state index in [-0.39, 0.29) is 17.4 Å². The number of rotatable bonds is 3. The largest absolute Gasteiger partial charge is 0.339 e. The van der Waals surface area contributed by atoms with E-state index in [2.05, 4.69) is 59.9 Å². The van der Waals surface area contributed by atoms with Crippen LogP contribution >= 0.6 is 11.3 Å². The lowest BCUT2D eigenvalue weighted by Crippen LogP contribution is -2.23. The summed E-state index contributed by atoms with van der Waals surface area (Å²) in [5, 5.41) is 14.9. The molecule has 1 atom stereocenters. The Morgan fingerprint density at radius 1 is 1.27 bits per heavy atom. The van der Waals surface area contributed by atoms with Gasteiger partial charge in [0.15, 0.2) is 5.82 Å². The molecule has 0 N–H and O–H groups in total. The molecule has 1 saturated heterocycles. The predicted molar refractivity (Wildman–Crippen MR) is 86.3 cm³/mol. The summed E-state index contributed by atoms with van der Waals surface area (Å²) in [7, 11) is 0. The normalized spacial score (nSPS) is 19.4. The van der Waals surface area contributed by atoms with Crippen molar-refractivity contribution in [1.82, 2.24) is 20.3 Å². The third-order valence-corrected chi connectivity index (χ3v) is 5.19. The van der Waals surface area contributed by atoms with Crippen LogP contribution in [0, 0.1) is 0 Å². The molecule has 0 spiro atoms. The second kappa shape index (κ2) is 5.61. The summed E-state index contributed by atoms with van der Waals surface area (Å²) in [6, 6.07) is 0.150. The molecule has 6 nitrogen and oxygen atoms in total. The van der Waals surface area contributed by atoms with Crippen molar-refractivity contribution in [3.63, 3.8) is 0 Å². The van der Waals surface area contributed by atoms with E-state index in [4.69, 9.17) is 4.52 Å². The Morgan fingerprint density at radius 2 is 2.05 bits per heavy atom. The Hall–Kier alpha value is -1.50. The molecule has 120 valence electrons. The number of nitrogens with zero attached hydrogens (tertiary/aromatic N) is 5. The molecule has 2 aromatic heterocycles. The molecule has 1 fully saturated rings. The molecular formula is C15H23N5OS. The SMILES string of the molecule is CC(C)c1nc(C2CCCN2c2nnc(C(C)(C)C)s2)no1. The average Bonchev–Trinajstić information content (AvgIpc) is 3.17. The summed E-state index contributed by atoms with van der Waals surface area (Å²) in [6.07, 6.45) is 2.14. The van der Waals surface area contributed by atoms with Crippen molar-refractivity contribution in [3.05, 3.63) is 16.7 Å². The van der Waals surface area contributed by atoms with Gasteiger partial charge in [0.25, 0.3) is 0 Å². The van der Waals surface area contributed by atoms with Crippen molar-refractivity contribution in [2.24, 2.45) is 0 Å². The van der Waals surface area contributed by atoms with E-state index < -0.39 is 0 Å². The molecule has 0 bridgehead atoms. The maximum absolute atomic E-state index is 5.36. The molecule has 0 radical (unpaired) electrons. The zero-order valence-electron chi connectivity index (χ0n) is 13.8. The first-order valence-electron chi connectivity index (χ1n) is 7.80. The Morgan fingerprint density at radius 3 is 2.64 bits per heavy atom. The third-order valence-electron chi connectivity index (χ3n) is 3.80. The predicted octanol–water partition coefficient (Wildman–Crippen LogP) is 3.68. The number of hydrogen-bond donors (Lipinski definition) is 0. The van der Waals surface area contributed by atoms with Gasteiger partial charge in [0.1, 0.15) is 5.01 Å². The minimum absolute atomic E-state index is 0.0299. The Bertz CT molecular complexity index is 642. The average molecular weight is 321 g/mol. The van der Waals surface area contributed by atoms with Gasteiger partial charge in [-0.2, -0.15) is 4.98 Å². The fraction of sp³-hybridized carbons (Fsp3) is 0.733. The van der Waals surface area contributed by atoms with Gasteiger partial charge in [-0.25, -0.2) is 0 Å². The van der Waals surface area contributed by atoms with Gasteiger partial charge >= 0.3 is 0 Å². The van der Waals surface area contributed by atoms with Gasteiger partial charge in [-0.15, -0.1) is 10.2 Å². The van der Waals surface area contributed by atoms with Crippen molar-refractivity contribution in [2.75, 3.05) is 11.4 Å². The van der Waals surface area contributed by atoms with E-state index in [0.29, 0.717) is 5.89 Å². The number of hydrogen-bond acceptors (Lipinski definition) is 7. The zero-order chi connectivity index (χ0) is 15.9. The van der Waals surface area contributed by atoms with E-state index in [1.54, 1.807) is 11.3 Å². The Kier molecular flexibility index (Phi) is 3.92. The summed E-state index contributed by atoms with van der Waals surface area (Å²) < 4.78 is 5.36. The molecule has 22 heavy (non-hydrogen) atoms. The van der Waals surface area contributed by atoms with Crippen LogP contribution in [0.4, 0.5) is 5.13 Å². The molecule has 3 heterocycles. The maximum atomic E-state index is 5.36. The Balaban J connectivity index is 1.85. The van der Waals surface area contributed by atoms with Gasteiger partial charge in [-0.3, -0.25) is 0 Å². The molecule has 7 heteroatoms. The fourth-order valence-electron chi connectivity index (χ4n) is 2.52. The Labute approximate surface area is 134 Å². The lowest BCUT2D eigenvalue weighted by molar-refractivity contribution is 0.358. The molecule has 1 aliphatic heterocycles. The highest BCUT2D eigenvalue weighted by molar-refractivity contribution is 7.15. The molecular weight excluding hydrogens is 298 g/mol. The fourth-order valence-corrected chi connectivity index (χ4v) is 3.49. The minimum atomic E-state index is 0.0299. The molecule has 0 aliphatic carbocycles. The summed E-state index contributed by atoms with van der Waals surface area (Å²) in [5.74, 6) is 1.73. The van der Waals surface area contributed by atoms with E-state index in [0.717, 1.165) is 35.3 Å². The minimum Gasteiger partial charge on any atom is -0.339 e. The van der Waals surface area contributed by atoms with E-state index in [9.17, 15) is 0 Å². The molecule has 2 aromatic rings. The van der Waals surface area contributed by atoms with Crippen molar-refractivity contribution in [3.8, 4) is 0 Å². The molecule has 1 unspecified atom stereocenters. The van der Waals surface area contributed by atoms with Crippen molar-refractivity contribution in [2.45, 2.75) is 64.8 Å². The monoisotopic (exact) mass is 321 g/mol. The first-order valence-corrected chi connectivity index (χ1v) is 8.62. The first-order chi connectivity index (χ1) is 10.4. The van der Waals surface area contributed by atoms with E-state index in [1.807, 2.05) is 0 Å². The molecule has 0 amide bonds. The van der Waals surface area contributed by atoms with Crippen LogP contribution in [-0.2, 0) is 5.41 Å². The van der Waals surface area contributed by atoms with Gasteiger partial charge < -0.3 is 9.42 Å². The molecule has 1 aliphatic rings. The highest BCUT2D eigenvalue weighted by Gasteiger charge is 2.33. The van der Waals surface area contributed by atoms with Crippen LogP contribution in [0.2, 0.25) is 0 Å².